The number of likely N-dealkylation sites (tertiary alicyclic amines) is 1. The van der Waals surface area contributed by atoms with Crippen LogP contribution >= 0.6 is 0 Å². The quantitative estimate of drug-likeness (QED) is 0.362. The first kappa shape index (κ1) is 24.4. The van der Waals surface area contributed by atoms with Gasteiger partial charge in [-0.2, -0.15) is 22.0 Å². The van der Waals surface area contributed by atoms with Crippen molar-refractivity contribution in [1.29, 1.82) is 0 Å². The van der Waals surface area contributed by atoms with Gasteiger partial charge in [-0.1, -0.05) is 10.6 Å². The highest BCUT2D eigenvalue weighted by molar-refractivity contribution is 7.90. The minimum Gasteiger partial charge on any atom is -0.400 e. The number of amides is 1. The number of hydrogen-bond donors (Lipinski definition) is 1. The molecule has 4 rings (SSSR count). The molecule has 2 atom stereocenters. The number of aromatic nitrogens is 1. The highest BCUT2D eigenvalue weighted by atomic mass is 32.2. The van der Waals surface area contributed by atoms with E-state index in [0.717, 1.165) is 29.9 Å². The Balaban J connectivity index is 1.63. The van der Waals surface area contributed by atoms with Gasteiger partial charge in [0.25, 0.3) is 5.91 Å². The third-order valence-corrected chi connectivity index (χ3v) is 7.22. The monoisotopic (exact) mass is 509 g/mol. The largest absolute Gasteiger partial charge is 0.489 e. The minimum absolute atomic E-state index is 0.0494. The van der Waals surface area contributed by atoms with Crippen molar-refractivity contribution in [2.24, 2.45) is 5.92 Å². The number of sulfone groups is 1. The summed E-state index contributed by atoms with van der Waals surface area (Å²) in [5.41, 5.74) is 0.225. The van der Waals surface area contributed by atoms with Gasteiger partial charge in [0, 0.05) is 37.2 Å². The van der Waals surface area contributed by atoms with E-state index in [1.54, 1.807) is 0 Å². The Labute approximate surface area is 190 Å². The number of rotatable bonds is 6. The number of halogens is 5. The van der Waals surface area contributed by atoms with E-state index in [1.165, 1.54) is 11.8 Å². The zero-order valence-electron chi connectivity index (χ0n) is 18.2. The first-order chi connectivity index (χ1) is 15.5. The molecular weight excluding hydrogens is 489 g/mol. The lowest BCUT2D eigenvalue weighted by Crippen LogP contribution is -2.36. The molecule has 1 amide bonds. The van der Waals surface area contributed by atoms with Crippen molar-refractivity contribution in [3.8, 4) is 5.75 Å². The van der Waals surface area contributed by atoms with Crippen LogP contribution in [-0.4, -0.2) is 50.0 Å². The van der Waals surface area contributed by atoms with Gasteiger partial charge in [0.15, 0.2) is 15.6 Å². The van der Waals surface area contributed by atoms with Crippen LogP contribution in [0.1, 0.15) is 40.7 Å². The van der Waals surface area contributed by atoms with Crippen LogP contribution in [0.25, 0.3) is 0 Å². The first-order valence-electron chi connectivity index (χ1n) is 10.0. The van der Waals surface area contributed by atoms with E-state index in [-0.39, 0.29) is 29.5 Å². The van der Waals surface area contributed by atoms with Crippen LogP contribution in [0.2, 0.25) is 0 Å². The van der Waals surface area contributed by atoms with E-state index in [1.807, 2.05) is 0 Å². The number of alkyl halides is 5. The fourth-order valence-corrected chi connectivity index (χ4v) is 5.14. The van der Waals surface area contributed by atoms with Crippen molar-refractivity contribution in [3.05, 3.63) is 40.8 Å². The van der Waals surface area contributed by atoms with E-state index in [4.69, 9.17) is 4.52 Å². The number of nitrogens with one attached hydrogen (secondary N) is 1. The van der Waals surface area contributed by atoms with Crippen LogP contribution in [0.4, 0.5) is 22.0 Å². The van der Waals surface area contributed by atoms with Crippen molar-refractivity contribution < 1.29 is 44.5 Å². The molecule has 14 heteroatoms. The molecule has 0 bridgehead atoms. The number of nitrogens with zero attached hydrogens (tertiary/aromatic N) is 2. The van der Waals surface area contributed by atoms with Gasteiger partial charge in [-0.25, -0.2) is 8.42 Å². The van der Waals surface area contributed by atoms with Gasteiger partial charge in [0.1, 0.15) is 0 Å². The molecule has 8 nitrogen and oxygen atoms in total. The first-order valence-corrected chi connectivity index (χ1v) is 11.9. The van der Waals surface area contributed by atoms with Crippen LogP contribution in [0, 0.1) is 12.8 Å². The third kappa shape index (κ3) is 4.35. The molecule has 186 valence electrons. The molecule has 2 aromatic rings. The average molecular weight is 509 g/mol. The van der Waals surface area contributed by atoms with Crippen LogP contribution < -0.4 is 10.3 Å². The van der Waals surface area contributed by atoms with Crippen LogP contribution in [0.3, 0.4) is 0 Å². The van der Waals surface area contributed by atoms with Crippen molar-refractivity contribution in [2.75, 3.05) is 19.3 Å². The zero-order chi connectivity index (χ0) is 25.3. The predicted molar refractivity (Wildman–Crippen MR) is 106 cm³/mol. The number of hydroxylamine groups is 1. The zero-order valence-corrected chi connectivity index (χ0v) is 19.0. The summed E-state index contributed by atoms with van der Waals surface area (Å²) < 4.78 is 94.0. The summed E-state index contributed by atoms with van der Waals surface area (Å²) in [7, 11) is -3.78. The minimum atomic E-state index is -4.92. The molecule has 1 aliphatic carbocycles. The molecule has 1 aliphatic heterocycles. The molecule has 1 aromatic heterocycles. The summed E-state index contributed by atoms with van der Waals surface area (Å²) in [4.78, 5) is 18.8. The van der Waals surface area contributed by atoms with Gasteiger partial charge >= 0.3 is 12.2 Å². The van der Waals surface area contributed by atoms with E-state index < -0.39 is 50.5 Å². The summed E-state index contributed by atoms with van der Waals surface area (Å²) in [5.74, 6) is -5.21. The highest BCUT2D eigenvalue weighted by Gasteiger charge is 2.64. The lowest BCUT2D eigenvalue weighted by Gasteiger charge is -2.22. The molecule has 34 heavy (non-hydrogen) atoms. The Kier molecular flexibility index (Phi) is 5.47. The third-order valence-electron chi connectivity index (χ3n) is 6.11. The van der Waals surface area contributed by atoms with Crippen molar-refractivity contribution in [3.63, 3.8) is 0 Å². The van der Waals surface area contributed by atoms with Gasteiger partial charge in [-0.05, 0) is 37.5 Å². The Hall–Kier alpha value is -2.74. The molecule has 2 fully saturated rings. The maximum atomic E-state index is 13.8. The Morgan fingerprint density at radius 2 is 1.97 bits per heavy atom. The Morgan fingerprint density at radius 3 is 2.53 bits per heavy atom. The molecule has 1 N–H and O–H groups in total. The summed E-state index contributed by atoms with van der Waals surface area (Å²) in [6.45, 7) is 2.37. The number of piperidine rings is 1. The fraction of sp³-hybridized carbons (Fsp3) is 0.500. The lowest BCUT2D eigenvalue weighted by molar-refractivity contribution is -0.210. The SMILES string of the molecule is Cc1c(C23CC2CN(C(=O)c2cc(S(C)(=O)=O)ccc2ONC(F)(F)F)C3)noc1C(C)(F)F. The maximum Gasteiger partial charge on any atom is 0.489 e. The molecule has 2 unspecified atom stereocenters. The lowest BCUT2D eigenvalue weighted by atomic mass is 9.96. The molecule has 0 radical (unpaired) electrons. The normalized spacial score (nSPS) is 22.6. The smallest absolute Gasteiger partial charge is 0.400 e. The van der Waals surface area contributed by atoms with Gasteiger partial charge in [-0.15, -0.1) is 0 Å². The Bertz CT molecular complexity index is 1250. The van der Waals surface area contributed by atoms with Gasteiger partial charge in [-0.3, -0.25) is 4.79 Å². The molecule has 2 heterocycles. The molecule has 2 aliphatic rings. The topological polar surface area (TPSA) is 102 Å². The number of hydrogen-bond acceptors (Lipinski definition) is 7. The standard InChI is InChI=1S/C20H20F5N3O5S/c1-10-15(26-33-16(10)18(2,21)22)19-7-11(19)8-28(9-19)17(29)13-6-12(34(3,30)31)4-5-14(13)32-27-20(23,24)25/h4-6,11,27H,7-9H2,1-3H3. The molecule has 0 spiro atoms. The van der Waals surface area contributed by atoms with Crippen LogP contribution in [0.5, 0.6) is 5.75 Å². The summed E-state index contributed by atoms with van der Waals surface area (Å²) in [6, 6.07) is 2.92. The van der Waals surface area contributed by atoms with E-state index in [2.05, 4.69) is 9.99 Å². The molecule has 1 saturated heterocycles. The number of fused-ring (bicyclic) bond motifs is 1. The second kappa shape index (κ2) is 7.63. The van der Waals surface area contributed by atoms with E-state index >= 15 is 0 Å². The second-order valence-corrected chi connectivity index (χ2v) is 10.8. The van der Waals surface area contributed by atoms with Crippen molar-refractivity contribution >= 4 is 15.7 Å². The summed E-state index contributed by atoms with van der Waals surface area (Å²) >= 11 is 0. The van der Waals surface area contributed by atoms with Crippen molar-refractivity contribution in [2.45, 2.75) is 42.8 Å². The van der Waals surface area contributed by atoms with Crippen molar-refractivity contribution in [1.82, 2.24) is 15.5 Å². The van der Waals surface area contributed by atoms with Crippen LogP contribution in [0.15, 0.2) is 27.6 Å². The Morgan fingerprint density at radius 1 is 1.29 bits per heavy atom. The van der Waals surface area contributed by atoms with Gasteiger partial charge in [0.05, 0.1) is 16.2 Å². The fourth-order valence-electron chi connectivity index (χ4n) is 4.49. The molecule has 1 saturated carbocycles. The van der Waals surface area contributed by atoms with Gasteiger partial charge < -0.3 is 14.3 Å². The number of carbonyl (C=O) groups is 1. The summed E-state index contributed by atoms with van der Waals surface area (Å²) in [5, 5.41) is 3.83. The van der Waals surface area contributed by atoms with E-state index in [0.29, 0.717) is 19.0 Å². The van der Waals surface area contributed by atoms with E-state index in [9.17, 15) is 35.2 Å². The number of carbonyl (C=O) groups excluding carboxylic acids is 1. The summed E-state index contributed by atoms with van der Waals surface area (Å²) in [6.07, 6.45) is -3.46. The average Bonchev–Trinajstić information content (AvgIpc) is 3.04. The number of benzene rings is 1. The highest BCUT2D eigenvalue weighted by Crippen LogP contribution is 2.60. The molecule has 1 aromatic carbocycles. The maximum absolute atomic E-state index is 13.8. The predicted octanol–water partition coefficient (Wildman–Crippen LogP) is 3.32. The second-order valence-electron chi connectivity index (χ2n) is 8.75. The molecular formula is C20H20F5N3O5S. The van der Waals surface area contributed by atoms with Crippen LogP contribution in [-0.2, 0) is 21.2 Å². The van der Waals surface area contributed by atoms with Gasteiger partial charge in [0.2, 0.25) is 5.76 Å².